The Balaban J connectivity index is 1.72. The number of Topliss-reactive ketones (excluding diaryl/α,β-unsaturated/α-hetero) is 1. The zero-order chi connectivity index (χ0) is 18.1. The van der Waals surface area contributed by atoms with Gasteiger partial charge >= 0.3 is 5.97 Å². The molecule has 1 aliphatic rings. The number of benzene rings is 1. The number of rotatable bonds is 4. The molecule has 1 aliphatic heterocycles. The van der Waals surface area contributed by atoms with Crippen LogP contribution in [0.2, 0.25) is 0 Å². The van der Waals surface area contributed by atoms with Gasteiger partial charge in [0.15, 0.2) is 11.9 Å². The highest BCUT2D eigenvalue weighted by Gasteiger charge is 2.34. The molecule has 3 rings (SSSR count). The minimum atomic E-state index is -0.926. The van der Waals surface area contributed by atoms with Crippen molar-refractivity contribution in [1.29, 1.82) is 0 Å². The summed E-state index contributed by atoms with van der Waals surface area (Å²) in [6.45, 7) is 4.94. The van der Waals surface area contributed by atoms with Gasteiger partial charge in [0.05, 0.1) is 0 Å². The van der Waals surface area contributed by atoms with Gasteiger partial charge in [-0.15, -0.1) is 0 Å². The number of aromatic nitrogens is 1. The molecule has 0 spiro atoms. The lowest BCUT2D eigenvalue weighted by Crippen LogP contribution is -2.43. The molecule has 0 unspecified atom stereocenters. The third-order valence-corrected chi connectivity index (χ3v) is 4.39. The molecule has 1 aromatic heterocycles. The van der Waals surface area contributed by atoms with Crippen molar-refractivity contribution < 1.29 is 19.1 Å². The summed E-state index contributed by atoms with van der Waals surface area (Å²) in [4.78, 5) is 40.7. The third kappa shape index (κ3) is 3.20. The van der Waals surface area contributed by atoms with E-state index in [0.717, 1.165) is 17.7 Å². The first-order valence-electron chi connectivity index (χ1n) is 8.19. The van der Waals surface area contributed by atoms with E-state index in [0.29, 0.717) is 5.56 Å². The van der Waals surface area contributed by atoms with E-state index in [1.165, 1.54) is 19.2 Å². The second-order valence-electron chi connectivity index (χ2n) is 6.30. The molecule has 2 aromatic rings. The predicted octanol–water partition coefficient (Wildman–Crippen LogP) is 2.74. The van der Waals surface area contributed by atoms with Gasteiger partial charge in [0.2, 0.25) is 0 Å². The normalized spacial score (nSPS) is 17.1. The van der Waals surface area contributed by atoms with Crippen LogP contribution in [0, 0.1) is 0 Å². The zero-order valence-electron chi connectivity index (χ0n) is 14.4. The van der Waals surface area contributed by atoms with Crippen LogP contribution in [0.5, 0.6) is 0 Å². The van der Waals surface area contributed by atoms with Crippen LogP contribution in [0.15, 0.2) is 36.5 Å². The van der Waals surface area contributed by atoms with Crippen molar-refractivity contribution in [3.63, 3.8) is 0 Å². The fourth-order valence-corrected chi connectivity index (χ4v) is 3.09. The Morgan fingerprint density at radius 2 is 2.00 bits per heavy atom. The minimum absolute atomic E-state index is 0.0147. The number of hydrogen-bond acceptors (Lipinski definition) is 4. The molecule has 6 nitrogen and oxygen atoms in total. The van der Waals surface area contributed by atoms with E-state index in [2.05, 4.69) is 4.98 Å². The summed E-state index contributed by atoms with van der Waals surface area (Å²) in [7, 11) is 0. The number of carbonyl (C=O) groups is 3. The molecule has 0 saturated carbocycles. The van der Waals surface area contributed by atoms with Gasteiger partial charge in [0.25, 0.3) is 5.91 Å². The fourth-order valence-electron chi connectivity index (χ4n) is 3.09. The molecule has 25 heavy (non-hydrogen) atoms. The Bertz CT molecular complexity index is 839. The van der Waals surface area contributed by atoms with Crippen molar-refractivity contribution in [2.45, 2.75) is 39.3 Å². The first-order valence-corrected chi connectivity index (χ1v) is 8.19. The standard InChI is InChI=1S/C19H20N2O4/c1-11-8-14-6-4-5-7-17(14)21(11)18(23)13(3)25-19(24)16-9-15(10-20-16)12(2)22/h4-7,9-11,13,20H,8H2,1-3H3/t11-,13+/m1/s1. The van der Waals surface area contributed by atoms with Gasteiger partial charge in [0.1, 0.15) is 5.69 Å². The number of nitrogens with one attached hydrogen (secondary N) is 1. The molecular formula is C19H20N2O4. The molecule has 130 valence electrons. The van der Waals surface area contributed by atoms with Crippen LogP contribution in [-0.2, 0) is 16.0 Å². The number of anilines is 1. The van der Waals surface area contributed by atoms with E-state index in [4.69, 9.17) is 4.74 Å². The van der Waals surface area contributed by atoms with E-state index >= 15 is 0 Å². The quantitative estimate of drug-likeness (QED) is 0.685. The summed E-state index contributed by atoms with van der Waals surface area (Å²) >= 11 is 0. The van der Waals surface area contributed by atoms with E-state index < -0.39 is 12.1 Å². The third-order valence-electron chi connectivity index (χ3n) is 4.39. The van der Waals surface area contributed by atoms with E-state index in [9.17, 15) is 14.4 Å². The maximum absolute atomic E-state index is 12.8. The summed E-state index contributed by atoms with van der Waals surface area (Å²) in [5, 5.41) is 0. The van der Waals surface area contributed by atoms with Crippen LogP contribution < -0.4 is 4.90 Å². The number of hydrogen-bond donors (Lipinski definition) is 1. The molecule has 0 aliphatic carbocycles. The van der Waals surface area contributed by atoms with Gasteiger partial charge in [-0.2, -0.15) is 0 Å². The lowest BCUT2D eigenvalue weighted by molar-refractivity contribution is -0.126. The average molecular weight is 340 g/mol. The molecule has 0 fully saturated rings. The number of carbonyl (C=O) groups excluding carboxylic acids is 3. The summed E-state index contributed by atoms with van der Waals surface area (Å²) < 4.78 is 5.29. The van der Waals surface area contributed by atoms with Crippen molar-refractivity contribution in [3.8, 4) is 0 Å². The summed E-state index contributed by atoms with van der Waals surface area (Å²) in [6, 6.07) is 9.17. The molecular weight excluding hydrogens is 320 g/mol. The lowest BCUT2D eigenvalue weighted by Gasteiger charge is -2.25. The topological polar surface area (TPSA) is 79.5 Å². The highest BCUT2D eigenvalue weighted by molar-refractivity contribution is 6.01. The van der Waals surface area contributed by atoms with Crippen molar-refractivity contribution in [1.82, 2.24) is 4.98 Å². The monoisotopic (exact) mass is 340 g/mol. The zero-order valence-corrected chi connectivity index (χ0v) is 14.4. The molecule has 0 saturated heterocycles. The number of ether oxygens (including phenoxy) is 1. The Morgan fingerprint density at radius 1 is 1.28 bits per heavy atom. The Morgan fingerprint density at radius 3 is 2.68 bits per heavy atom. The van der Waals surface area contributed by atoms with Gasteiger partial charge in [-0.3, -0.25) is 9.59 Å². The largest absolute Gasteiger partial charge is 0.448 e. The maximum atomic E-state index is 12.8. The van der Waals surface area contributed by atoms with Gasteiger partial charge in [0, 0.05) is 23.5 Å². The molecule has 1 amide bonds. The second-order valence-corrected chi connectivity index (χ2v) is 6.30. The molecule has 1 N–H and O–H groups in total. The molecule has 1 aromatic carbocycles. The first kappa shape index (κ1) is 17.0. The number of amides is 1. The molecule has 6 heteroatoms. The van der Waals surface area contributed by atoms with E-state index in [1.807, 2.05) is 31.2 Å². The Labute approximate surface area is 145 Å². The van der Waals surface area contributed by atoms with E-state index in [-0.39, 0.29) is 23.4 Å². The molecule has 2 heterocycles. The summed E-state index contributed by atoms with van der Waals surface area (Å²) in [6.07, 6.45) is 1.30. The number of para-hydroxylation sites is 1. The predicted molar refractivity (Wildman–Crippen MR) is 92.8 cm³/mol. The van der Waals surface area contributed by atoms with Crippen molar-refractivity contribution in [3.05, 3.63) is 53.3 Å². The number of nitrogens with zero attached hydrogens (tertiary/aromatic N) is 1. The molecule has 2 atom stereocenters. The minimum Gasteiger partial charge on any atom is -0.448 e. The van der Waals surface area contributed by atoms with Crippen molar-refractivity contribution in [2.75, 3.05) is 4.90 Å². The SMILES string of the molecule is CC(=O)c1c[nH]c(C(=O)O[C@@H](C)C(=O)N2c3ccccc3C[C@H]2C)c1. The first-order chi connectivity index (χ1) is 11.9. The summed E-state index contributed by atoms with van der Waals surface area (Å²) in [5.74, 6) is -1.07. The number of ketones is 1. The average Bonchev–Trinajstić information content (AvgIpc) is 3.18. The van der Waals surface area contributed by atoms with Gasteiger partial charge < -0.3 is 14.6 Å². The van der Waals surface area contributed by atoms with Crippen molar-refractivity contribution >= 4 is 23.3 Å². The number of H-pyrrole nitrogens is 1. The highest BCUT2D eigenvalue weighted by atomic mass is 16.5. The van der Waals surface area contributed by atoms with Crippen LogP contribution >= 0.6 is 0 Å². The Kier molecular flexibility index (Phi) is 4.44. The van der Waals surface area contributed by atoms with Crippen LogP contribution in [0.4, 0.5) is 5.69 Å². The number of aromatic amines is 1. The Hall–Kier alpha value is -2.89. The lowest BCUT2D eigenvalue weighted by atomic mass is 10.1. The second kappa shape index (κ2) is 6.55. The summed E-state index contributed by atoms with van der Waals surface area (Å²) in [5.41, 5.74) is 2.52. The number of fused-ring (bicyclic) bond motifs is 1. The highest BCUT2D eigenvalue weighted by Crippen LogP contribution is 2.32. The van der Waals surface area contributed by atoms with Gasteiger partial charge in [-0.1, -0.05) is 18.2 Å². The number of esters is 1. The van der Waals surface area contributed by atoms with Crippen LogP contribution in [0.1, 0.15) is 47.2 Å². The molecule has 0 radical (unpaired) electrons. The smallest absolute Gasteiger partial charge is 0.355 e. The van der Waals surface area contributed by atoms with Gasteiger partial charge in [-0.25, -0.2) is 4.79 Å². The van der Waals surface area contributed by atoms with Crippen LogP contribution in [0.3, 0.4) is 0 Å². The molecule has 0 bridgehead atoms. The van der Waals surface area contributed by atoms with E-state index in [1.54, 1.807) is 11.8 Å². The van der Waals surface area contributed by atoms with Crippen LogP contribution in [-0.4, -0.2) is 34.8 Å². The maximum Gasteiger partial charge on any atom is 0.355 e. The van der Waals surface area contributed by atoms with Crippen molar-refractivity contribution in [2.24, 2.45) is 0 Å². The fraction of sp³-hybridized carbons (Fsp3) is 0.316. The van der Waals surface area contributed by atoms with Crippen LogP contribution in [0.25, 0.3) is 0 Å². The van der Waals surface area contributed by atoms with Gasteiger partial charge in [-0.05, 0) is 44.9 Å².